The average Bonchev–Trinajstić information content (AvgIpc) is 2.61. The topological polar surface area (TPSA) is 65.0 Å². The molecule has 0 aromatic heterocycles. The van der Waals surface area contributed by atoms with Gasteiger partial charge >= 0.3 is 5.97 Å². The Morgan fingerprint density at radius 1 is 1.47 bits per heavy atom. The molecule has 2 aliphatic heterocycles. The van der Waals surface area contributed by atoms with E-state index in [4.69, 9.17) is 14.2 Å². The Labute approximate surface area is 88.3 Å². The summed E-state index contributed by atoms with van der Waals surface area (Å²) in [4.78, 5) is 11.4. The van der Waals surface area contributed by atoms with E-state index in [0.29, 0.717) is 6.42 Å². The van der Waals surface area contributed by atoms with E-state index in [1.54, 1.807) is 13.8 Å². The fraction of sp³-hybridized carbons (Fsp3) is 0.900. The van der Waals surface area contributed by atoms with Crippen LogP contribution in [0.2, 0.25) is 0 Å². The molecule has 0 aliphatic carbocycles. The molecule has 2 fully saturated rings. The summed E-state index contributed by atoms with van der Waals surface area (Å²) in [5.41, 5.74) is 0. The molecule has 0 radical (unpaired) electrons. The van der Waals surface area contributed by atoms with Crippen LogP contribution in [0.4, 0.5) is 0 Å². The minimum Gasteiger partial charge on any atom is -0.455 e. The summed E-state index contributed by atoms with van der Waals surface area (Å²) in [6.45, 7) is 5.31. The van der Waals surface area contributed by atoms with E-state index in [1.165, 1.54) is 0 Å². The number of rotatable bonds is 2. The molecule has 0 bridgehead atoms. The van der Waals surface area contributed by atoms with Crippen molar-refractivity contribution in [3.63, 3.8) is 0 Å². The molecule has 0 saturated carbocycles. The lowest BCUT2D eigenvalue weighted by Crippen LogP contribution is -2.38. The monoisotopic (exact) mass is 216 g/mol. The number of esters is 1. The van der Waals surface area contributed by atoms with Gasteiger partial charge < -0.3 is 19.3 Å². The molecule has 0 spiro atoms. The highest BCUT2D eigenvalue weighted by atomic mass is 16.8. The Morgan fingerprint density at radius 2 is 2.13 bits per heavy atom. The van der Waals surface area contributed by atoms with E-state index < -0.39 is 36.2 Å². The number of carbonyl (C=O) groups is 1. The Bertz CT molecular complexity index is 275. The van der Waals surface area contributed by atoms with Gasteiger partial charge in [0.25, 0.3) is 0 Å². The maximum absolute atomic E-state index is 11.4. The van der Waals surface area contributed by atoms with Crippen LogP contribution in [0.25, 0.3) is 0 Å². The summed E-state index contributed by atoms with van der Waals surface area (Å²) in [5, 5.41) is 9.68. The third-order valence-corrected chi connectivity index (χ3v) is 2.73. The molecule has 2 aliphatic rings. The zero-order valence-electron chi connectivity index (χ0n) is 9.10. The van der Waals surface area contributed by atoms with Gasteiger partial charge in [-0.15, -0.1) is 0 Å². The van der Waals surface area contributed by atoms with Crippen molar-refractivity contribution < 1.29 is 24.1 Å². The Hall–Kier alpha value is -0.650. The number of carbonyl (C=O) groups excluding carboxylic acids is 1. The first-order chi connectivity index (χ1) is 6.94. The van der Waals surface area contributed by atoms with Gasteiger partial charge in [-0.05, 0) is 20.3 Å². The smallest absolute Gasteiger partial charge is 0.338 e. The third-order valence-electron chi connectivity index (χ3n) is 2.73. The SMILES string of the molecule is CC[C@H](O)[C@H]1OC(=O)[C@H]2OC(C)(C)O[C@@H]12. The number of aliphatic hydroxyl groups is 1. The standard InChI is InChI=1S/C10H16O5/c1-4-5(11)6-7-8(9(12)13-6)15-10(2,3)14-7/h5-8,11H,4H2,1-3H3/t5-,6+,7-,8-/m0/s1. The normalized spacial score (nSPS) is 40.0. The average molecular weight is 216 g/mol. The second kappa shape index (κ2) is 3.43. The van der Waals surface area contributed by atoms with Crippen molar-refractivity contribution in [3.05, 3.63) is 0 Å². The van der Waals surface area contributed by atoms with Gasteiger partial charge in [-0.3, -0.25) is 0 Å². The van der Waals surface area contributed by atoms with Crippen molar-refractivity contribution in [1.82, 2.24) is 0 Å². The minimum atomic E-state index is -0.777. The first-order valence-corrected chi connectivity index (χ1v) is 5.19. The van der Waals surface area contributed by atoms with Crippen molar-refractivity contribution in [3.8, 4) is 0 Å². The molecule has 5 nitrogen and oxygen atoms in total. The molecule has 0 unspecified atom stereocenters. The second-order valence-electron chi connectivity index (χ2n) is 4.40. The predicted octanol–water partition coefficient (Wildman–Crippen LogP) is 0.203. The summed E-state index contributed by atoms with van der Waals surface area (Å²) in [6, 6.07) is 0. The van der Waals surface area contributed by atoms with Gasteiger partial charge in [0.1, 0.15) is 6.10 Å². The van der Waals surface area contributed by atoms with Crippen LogP contribution in [0.5, 0.6) is 0 Å². The number of aliphatic hydroxyl groups excluding tert-OH is 1. The van der Waals surface area contributed by atoms with Crippen LogP contribution in [0.15, 0.2) is 0 Å². The van der Waals surface area contributed by atoms with Gasteiger partial charge in [0, 0.05) is 0 Å². The maximum Gasteiger partial charge on any atom is 0.338 e. The molecular weight excluding hydrogens is 200 g/mol. The van der Waals surface area contributed by atoms with E-state index in [0.717, 1.165) is 0 Å². The number of hydrogen-bond acceptors (Lipinski definition) is 5. The molecule has 2 saturated heterocycles. The van der Waals surface area contributed by atoms with Gasteiger partial charge in [-0.1, -0.05) is 6.92 Å². The Morgan fingerprint density at radius 3 is 2.73 bits per heavy atom. The molecule has 0 aromatic carbocycles. The van der Waals surface area contributed by atoms with Crippen LogP contribution < -0.4 is 0 Å². The summed E-state index contributed by atoms with van der Waals surface area (Å²) in [6.07, 6.45) is -1.95. The molecule has 5 heteroatoms. The molecule has 2 rings (SSSR count). The van der Waals surface area contributed by atoms with Crippen LogP contribution in [0.1, 0.15) is 27.2 Å². The minimum absolute atomic E-state index is 0.442. The first-order valence-electron chi connectivity index (χ1n) is 5.19. The van der Waals surface area contributed by atoms with Crippen LogP contribution in [0, 0.1) is 0 Å². The van der Waals surface area contributed by atoms with Gasteiger partial charge in [-0.25, -0.2) is 4.79 Å². The van der Waals surface area contributed by atoms with Crippen molar-refractivity contribution in [2.75, 3.05) is 0 Å². The zero-order chi connectivity index (χ0) is 11.2. The van der Waals surface area contributed by atoms with Gasteiger partial charge in [-0.2, -0.15) is 0 Å². The molecule has 0 amide bonds. The number of cyclic esters (lactones) is 1. The third kappa shape index (κ3) is 1.75. The zero-order valence-corrected chi connectivity index (χ0v) is 9.10. The highest BCUT2D eigenvalue weighted by Crippen LogP contribution is 2.37. The van der Waals surface area contributed by atoms with Crippen molar-refractivity contribution in [2.24, 2.45) is 0 Å². The van der Waals surface area contributed by atoms with Crippen molar-refractivity contribution in [2.45, 2.75) is 57.4 Å². The predicted molar refractivity (Wildman–Crippen MR) is 50.0 cm³/mol. The van der Waals surface area contributed by atoms with E-state index in [2.05, 4.69) is 0 Å². The van der Waals surface area contributed by atoms with E-state index in [1.807, 2.05) is 6.92 Å². The lowest BCUT2D eigenvalue weighted by molar-refractivity contribution is -0.193. The van der Waals surface area contributed by atoms with Gasteiger partial charge in [0.2, 0.25) is 0 Å². The molecule has 15 heavy (non-hydrogen) atoms. The fourth-order valence-electron chi connectivity index (χ4n) is 2.01. The quantitative estimate of drug-likeness (QED) is 0.668. The van der Waals surface area contributed by atoms with Crippen molar-refractivity contribution >= 4 is 5.97 Å². The summed E-state index contributed by atoms with van der Waals surface area (Å²) < 4.78 is 16.0. The van der Waals surface area contributed by atoms with Crippen LogP contribution in [-0.2, 0) is 19.0 Å². The first kappa shape index (κ1) is 10.9. The van der Waals surface area contributed by atoms with Gasteiger partial charge in [0.15, 0.2) is 18.0 Å². The van der Waals surface area contributed by atoms with Crippen LogP contribution in [0.3, 0.4) is 0 Å². The molecule has 4 atom stereocenters. The second-order valence-corrected chi connectivity index (χ2v) is 4.40. The van der Waals surface area contributed by atoms with Gasteiger partial charge in [0.05, 0.1) is 6.10 Å². The summed E-state index contributed by atoms with van der Waals surface area (Å²) in [7, 11) is 0. The summed E-state index contributed by atoms with van der Waals surface area (Å²) in [5.74, 6) is -1.22. The molecule has 0 aromatic rings. The highest BCUT2D eigenvalue weighted by molar-refractivity contribution is 5.78. The number of ether oxygens (including phenoxy) is 3. The lowest BCUT2D eigenvalue weighted by atomic mass is 10.0. The summed E-state index contributed by atoms with van der Waals surface area (Å²) >= 11 is 0. The Balaban J connectivity index is 2.16. The molecule has 1 N–H and O–H groups in total. The maximum atomic E-state index is 11.4. The van der Waals surface area contributed by atoms with E-state index >= 15 is 0 Å². The Kier molecular flexibility index (Phi) is 2.48. The van der Waals surface area contributed by atoms with Crippen LogP contribution >= 0.6 is 0 Å². The van der Waals surface area contributed by atoms with Crippen LogP contribution in [-0.4, -0.2) is 41.3 Å². The fourth-order valence-corrected chi connectivity index (χ4v) is 2.01. The molecule has 86 valence electrons. The number of hydrogen-bond donors (Lipinski definition) is 1. The van der Waals surface area contributed by atoms with Crippen molar-refractivity contribution in [1.29, 1.82) is 0 Å². The van der Waals surface area contributed by atoms with E-state index in [-0.39, 0.29) is 0 Å². The van der Waals surface area contributed by atoms with E-state index in [9.17, 15) is 9.90 Å². The highest BCUT2D eigenvalue weighted by Gasteiger charge is 2.57. The molecule has 2 heterocycles. The number of fused-ring (bicyclic) bond motifs is 1. The molecular formula is C10H16O5. The largest absolute Gasteiger partial charge is 0.455 e. The lowest BCUT2D eigenvalue weighted by Gasteiger charge is -2.23.